The molecule has 2 N–H and O–H groups in total. The minimum atomic E-state index is -0.0315. The van der Waals surface area contributed by atoms with Gasteiger partial charge in [-0.25, -0.2) is 4.98 Å². The summed E-state index contributed by atoms with van der Waals surface area (Å²) in [5.41, 5.74) is 2.38. The summed E-state index contributed by atoms with van der Waals surface area (Å²) in [5.74, 6) is 0.0299. The monoisotopic (exact) mass is 317 g/mol. The zero-order chi connectivity index (χ0) is 16.1. The third kappa shape index (κ3) is 4.39. The Bertz CT molecular complexity index is 662. The second kappa shape index (κ2) is 7.17. The maximum Gasteiger partial charge on any atom is 0.222 e. The first-order valence-electron chi connectivity index (χ1n) is 7.06. The molecule has 0 aliphatic carbocycles. The number of amides is 1. The van der Waals surface area contributed by atoms with Crippen molar-refractivity contribution in [3.05, 3.63) is 40.9 Å². The Kier molecular flexibility index (Phi) is 5.27. The molecule has 0 aliphatic rings. The summed E-state index contributed by atoms with van der Waals surface area (Å²) in [6, 6.07) is 7.25. The first kappa shape index (κ1) is 16.2. The van der Waals surface area contributed by atoms with Crippen molar-refractivity contribution in [2.75, 3.05) is 5.32 Å². The highest BCUT2D eigenvalue weighted by atomic mass is 32.1. The van der Waals surface area contributed by atoms with Gasteiger partial charge in [-0.3, -0.25) is 9.59 Å². The van der Waals surface area contributed by atoms with Crippen molar-refractivity contribution in [2.24, 2.45) is 5.92 Å². The zero-order valence-electron chi connectivity index (χ0n) is 12.8. The van der Waals surface area contributed by atoms with Crippen LogP contribution in [0.1, 0.15) is 36.8 Å². The Balaban J connectivity index is 1.94. The highest BCUT2D eigenvalue weighted by Crippen LogP contribution is 2.21. The van der Waals surface area contributed by atoms with Crippen molar-refractivity contribution < 1.29 is 9.59 Å². The van der Waals surface area contributed by atoms with Gasteiger partial charge in [0, 0.05) is 22.5 Å². The van der Waals surface area contributed by atoms with E-state index >= 15 is 0 Å². The van der Waals surface area contributed by atoms with Crippen LogP contribution in [-0.4, -0.2) is 16.7 Å². The molecule has 0 bridgehead atoms. The molecule has 5 nitrogen and oxygen atoms in total. The molecule has 0 saturated heterocycles. The maximum absolute atomic E-state index is 11.5. The largest absolute Gasteiger partial charge is 0.350 e. The van der Waals surface area contributed by atoms with Crippen LogP contribution in [0.2, 0.25) is 0 Å². The van der Waals surface area contributed by atoms with Crippen LogP contribution in [0, 0.1) is 5.92 Å². The highest BCUT2D eigenvalue weighted by molar-refractivity contribution is 7.13. The van der Waals surface area contributed by atoms with Crippen molar-refractivity contribution in [2.45, 2.75) is 27.3 Å². The normalized spacial score (nSPS) is 10.5. The van der Waals surface area contributed by atoms with Crippen molar-refractivity contribution in [3.8, 4) is 0 Å². The van der Waals surface area contributed by atoms with E-state index in [9.17, 15) is 9.59 Å². The Morgan fingerprint density at radius 2 is 1.91 bits per heavy atom. The van der Waals surface area contributed by atoms with Gasteiger partial charge in [-0.15, -0.1) is 11.3 Å². The third-order valence-corrected chi connectivity index (χ3v) is 3.87. The Hall–Kier alpha value is -2.21. The molecule has 0 fully saturated rings. The van der Waals surface area contributed by atoms with Crippen LogP contribution in [0.25, 0.3) is 0 Å². The van der Waals surface area contributed by atoms with Gasteiger partial charge in [0.2, 0.25) is 5.91 Å². The molecular formula is C16H19N3O2S. The number of Topliss-reactive ketones (excluding diaryl/α,β-unsaturated/α-hetero) is 1. The van der Waals surface area contributed by atoms with Crippen LogP contribution in [0.15, 0.2) is 29.6 Å². The molecular weight excluding hydrogens is 298 g/mol. The summed E-state index contributed by atoms with van der Waals surface area (Å²) in [4.78, 5) is 27.2. The molecule has 116 valence electrons. The van der Waals surface area contributed by atoms with Gasteiger partial charge in [-0.05, 0) is 31.2 Å². The van der Waals surface area contributed by atoms with Crippen LogP contribution in [-0.2, 0) is 11.3 Å². The van der Waals surface area contributed by atoms with Gasteiger partial charge in [-0.1, -0.05) is 13.8 Å². The lowest BCUT2D eigenvalue weighted by atomic mass is 10.1. The summed E-state index contributed by atoms with van der Waals surface area (Å²) < 4.78 is 0. The van der Waals surface area contributed by atoms with Gasteiger partial charge in [0.25, 0.3) is 0 Å². The van der Waals surface area contributed by atoms with Crippen LogP contribution in [0.4, 0.5) is 10.8 Å². The van der Waals surface area contributed by atoms with E-state index < -0.39 is 0 Å². The summed E-state index contributed by atoms with van der Waals surface area (Å²) >= 11 is 1.47. The molecule has 0 saturated carbocycles. The summed E-state index contributed by atoms with van der Waals surface area (Å²) in [6.45, 7) is 5.68. The second-order valence-electron chi connectivity index (χ2n) is 5.28. The molecule has 0 aliphatic heterocycles. The average molecular weight is 317 g/mol. The number of anilines is 2. The number of hydrogen-bond donors (Lipinski definition) is 2. The van der Waals surface area contributed by atoms with Crippen molar-refractivity contribution >= 4 is 33.8 Å². The number of nitrogens with one attached hydrogen (secondary N) is 2. The van der Waals surface area contributed by atoms with Crippen molar-refractivity contribution in [1.82, 2.24) is 10.3 Å². The Labute approximate surface area is 133 Å². The summed E-state index contributed by atoms with van der Waals surface area (Å²) in [5, 5.41) is 8.68. The Morgan fingerprint density at radius 3 is 2.50 bits per heavy atom. The lowest BCUT2D eigenvalue weighted by Crippen LogP contribution is -2.27. The van der Waals surface area contributed by atoms with Gasteiger partial charge in [-0.2, -0.15) is 0 Å². The number of ketones is 1. The Morgan fingerprint density at radius 1 is 1.23 bits per heavy atom. The number of aromatic nitrogens is 1. The number of hydrogen-bond acceptors (Lipinski definition) is 5. The third-order valence-electron chi connectivity index (χ3n) is 3.06. The van der Waals surface area contributed by atoms with Crippen molar-refractivity contribution in [3.63, 3.8) is 0 Å². The van der Waals surface area contributed by atoms with Crippen LogP contribution in [0.3, 0.4) is 0 Å². The molecule has 1 aromatic carbocycles. The van der Waals surface area contributed by atoms with Gasteiger partial charge >= 0.3 is 0 Å². The first-order valence-corrected chi connectivity index (χ1v) is 7.94. The maximum atomic E-state index is 11.5. The predicted molar refractivity (Wildman–Crippen MR) is 88.5 cm³/mol. The molecule has 2 aromatic rings. The van der Waals surface area contributed by atoms with E-state index in [0.717, 1.165) is 16.5 Å². The van der Waals surface area contributed by atoms with E-state index in [0.29, 0.717) is 12.1 Å². The fourth-order valence-electron chi connectivity index (χ4n) is 1.74. The highest BCUT2D eigenvalue weighted by Gasteiger charge is 2.08. The number of thiazole rings is 1. The number of rotatable bonds is 6. The topological polar surface area (TPSA) is 71.1 Å². The number of carbonyl (C=O) groups excluding carboxylic acids is 2. The van der Waals surface area contributed by atoms with Crippen LogP contribution < -0.4 is 10.6 Å². The molecule has 1 aromatic heterocycles. The lowest BCUT2D eigenvalue weighted by Gasteiger charge is -2.05. The SMILES string of the molecule is CC(=O)c1ccc(Nc2nc(CNC(=O)C(C)C)cs2)cc1. The lowest BCUT2D eigenvalue weighted by molar-refractivity contribution is -0.124. The van der Waals surface area contributed by atoms with E-state index in [1.807, 2.05) is 31.4 Å². The van der Waals surface area contributed by atoms with Gasteiger partial charge in [0.15, 0.2) is 10.9 Å². The van der Waals surface area contributed by atoms with Gasteiger partial charge < -0.3 is 10.6 Å². The molecule has 1 amide bonds. The number of benzene rings is 1. The zero-order valence-corrected chi connectivity index (χ0v) is 13.7. The average Bonchev–Trinajstić information content (AvgIpc) is 2.92. The van der Waals surface area contributed by atoms with E-state index in [-0.39, 0.29) is 17.6 Å². The minimum Gasteiger partial charge on any atom is -0.350 e. The van der Waals surface area contributed by atoms with E-state index in [2.05, 4.69) is 15.6 Å². The number of nitrogens with zero attached hydrogens (tertiary/aromatic N) is 1. The van der Waals surface area contributed by atoms with Crippen LogP contribution in [0.5, 0.6) is 0 Å². The van der Waals surface area contributed by atoms with Gasteiger partial charge in [0.1, 0.15) is 0 Å². The smallest absolute Gasteiger partial charge is 0.222 e. The van der Waals surface area contributed by atoms with E-state index in [4.69, 9.17) is 0 Å². The fourth-order valence-corrected chi connectivity index (χ4v) is 2.47. The molecule has 22 heavy (non-hydrogen) atoms. The van der Waals surface area contributed by atoms with Crippen molar-refractivity contribution in [1.29, 1.82) is 0 Å². The molecule has 2 rings (SSSR count). The molecule has 0 spiro atoms. The predicted octanol–water partition coefficient (Wildman–Crippen LogP) is 3.36. The molecule has 0 atom stereocenters. The molecule has 6 heteroatoms. The molecule has 0 unspecified atom stereocenters. The fraction of sp³-hybridized carbons (Fsp3) is 0.312. The van der Waals surface area contributed by atoms with Gasteiger partial charge in [0.05, 0.1) is 12.2 Å². The summed E-state index contributed by atoms with van der Waals surface area (Å²) in [6.07, 6.45) is 0. The van der Waals surface area contributed by atoms with E-state index in [1.165, 1.54) is 11.3 Å². The number of carbonyl (C=O) groups is 2. The molecule has 1 heterocycles. The second-order valence-corrected chi connectivity index (χ2v) is 6.13. The minimum absolute atomic E-state index is 0.0160. The first-order chi connectivity index (χ1) is 10.5. The quantitative estimate of drug-likeness (QED) is 0.801. The standard InChI is InChI=1S/C16H19N3O2S/c1-10(2)15(21)17-8-14-9-22-16(19-14)18-13-6-4-12(5-7-13)11(3)20/h4-7,9-10H,8H2,1-3H3,(H,17,21)(H,18,19). The summed E-state index contributed by atoms with van der Waals surface area (Å²) in [7, 11) is 0. The molecule has 0 radical (unpaired) electrons. The van der Waals surface area contributed by atoms with E-state index in [1.54, 1.807) is 19.1 Å². The van der Waals surface area contributed by atoms with Crippen LogP contribution >= 0.6 is 11.3 Å².